The molecule has 0 bridgehead atoms. The van der Waals surface area contributed by atoms with E-state index in [2.05, 4.69) is 10.6 Å². The minimum absolute atomic E-state index is 0.0200. The van der Waals surface area contributed by atoms with Crippen LogP contribution in [0.2, 0.25) is 10.0 Å². The molecule has 3 rings (SSSR count). The van der Waals surface area contributed by atoms with Crippen LogP contribution < -0.4 is 10.6 Å². The van der Waals surface area contributed by atoms with Crippen molar-refractivity contribution in [1.29, 1.82) is 0 Å². The molecule has 1 saturated carbocycles. The SMILES string of the molecule is CC(C)(C)CNC(=O)[C@@H]1N=C(C2(CCN(Cc3ccc(Cl)c(Cl)c3)S(=O)(=O)CCC(C)(F)F)CCC2)NC1(C)C. The third-order valence-electron chi connectivity index (χ3n) is 7.61. The first kappa shape index (κ1) is 33.0. The molecule has 1 amide bonds. The fraction of sp³-hybridized carbons (Fsp3) is 0.714. The number of nitrogens with one attached hydrogen (secondary N) is 2. The zero-order valence-electron chi connectivity index (χ0n) is 24.2. The third-order valence-corrected chi connectivity index (χ3v) is 10.2. The Morgan fingerprint density at radius 3 is 2.35 bits per heavy atom. The molecule has 12 heteroatoms. The zero-order chi connectivity index (χ0) is 30.1. The average molecular weight is 624 g/mol. The van der Waals surface area contributed by atoms with Crippen molar-refractivity contribution in [1.82, 2.24) is 14.9 Å². The summed E-state index contributed by atoms with van der Waals surface area (Å²) in [6, 6.07) is 4.23. The van der Waals surface area contributed by atoms with Gasteiger partial charge in [0.15, 0.2) is 6.04 Å². The predicted molar refractivity (Wildman–Crippen MR) is 158 cm³/mol. The lowest BCUT2D eigenvalue weighted by Crippen LogP contribution is -2.55. The van der Waals surface area contributed by atoms with E-state index < -0.39 is 45.1 Å². The van der Waals surface area contributed by atoms with Crippen molar-refractivity contribution in [2.45, 2.75) is 97.7 Å². The number of hydrogen-bond acceptors (Lipinski definition) is 5. The number of nitrogens with zero attached hydrogens (tertiary/aromatic N) is 2. The molecule has 1 aliphatic heterocycles. The molecule has 1 heterocycles. The number of carbonyl (C=O) groups excluding carboxylic acids is 1. The van der Waals surface area contributed by atoms with Crippen LogP contribution in [0.25, 0.3) is 0 Å². The Kier molecular flexibility index (Phi) is 9.92. The van der Waals surface area contributed by atoms with Crippen molar-refractivity contribution in [3.05, 3.63) is 33.8 Å². The Bertz CT molecular complexity index is 1220. The highest BCUT2D eigenvalue weighted by Gasteiger charge is 2.50. The molecule has 40 heavy (non-hydrogen) atoms. The predicted octanol–water partition coefficient (Wildman–Crippen LogP) is 6.04. The van der Waals surface area contributed by atoms with Crippen molar-refractivity contribution in [3.8, 4) is 0 Å². The normalized spacial score (nSPS) is 20.6. The van der Waals surface area contributed by atoms with E-state index >= 15 is 0 Å². The third kappa shape index (κ3) is 8.52. The highest BCUT2D eigenvalue weighted by atomic mass is 35.5. The van der Waals surface area contributed by atoms with Crippen molar-refractivity contribution in [3.63, 3.8) is 0 Å². The van der Waals surface area contributed by atoms with Crippen LogP contribution in [-0.4, -0.2) is 60.8 Å². The van der Waals surface area contributed by atoms with Gasteiger partial charge in [0.05, 0.1) is 21.3 Å². The molecule has 0 aromatic heterocycles. The average Bonchev–Trinajstić information content (AvgIpc) is 3.11. The molecule has 1 atom stereocenters. The molecule has 0 radical (unpaired) electrons. The second-order valence-electron chi connectivity index (χ2n) is 13.1. The second kappa shape index (κ2) is 12.0. The number of rotatable bonds is 12. The summed E-state index contributed by atoms with van der Waals surface area (Å²) in [5.41, 5.74) is -0.495. The number of carbonyl (C=O) groups is 1. The molecule has 1 aromatic carbocycles. The van der Waals surface area contributed by atoms with Gasteiger partial charge in [-0.1, -0.05) is 56.5 Å². The lowest BCUT2D eigenvalue weighted by atomic mass is 9.65. The second-order valence-corrected chi connectivity index (χ2v) is 16.0. The van der Waals surface area contributed by atoms with E-state index in [4.69, 9.17) is 28.2 Å². The van der Waals surface area contributed by atoms with E-state index in [1.165, 1.54) is 4.31 Å². The largest absolute Gasteiger partial charge is 0.366 e. The van der Waals surface area contributed by atoms with E-state index in [0.717, 1.165) is 26.2 Å². The van der Waals surface area contributed by atoms with E-state index in [1.807, 2.05) is 34.6 Å². The summed E-state index contributed by atoms with van der Waals surface area (Å²) >= 11 is 12.2. The summed E-state index contributed by atoms with van der Waals surface area (Å²) in [6.45, 7) is 11.3. The van der Waals surface area contributed by atoms with Gasteiger partial charge in [-0.25, -0.2) is 17.2 Å². The van der Waals surface area contributed by atoms with Gasteiger partial charge in [0.25, 0.3) is 0 Å². The van der Waals surface area contributed by atoms with Crippen LogP contribution in [0.4, 0.5) is 8.78 Å². The molecule has 0 saturated heterocycles. The van der Waals surface area contributed by atoms with Crippen LogP contribution in [0.15, 0.2) is 23.2 Å². The molecule has 0 unspecified atom stereocenters. The summed E-state index contributed by atoms with van der Waals surface area (Å²) in [4.78, 5) is 17.9. The van der Waals surface area contributed by atoms with Gasteiger partial charge >= 0.3 is 0 Å². The van der Waals surface area contributed by atoms with Crippen LogP contribution in [0.1, 0.15) is 79.2 Å². The Balaban J connectivity index is 1.83. The van der Waals surface area contributed by atoms with Crippen LogP contribution in [-0.2, 0) is 21.4 Å². The summed E-state index contributed by atoms with van der Waals surface area (Å²) in [5, 5.41) is 7.09. The van der Waals surface area contributed by atoms with E-state index in [0.29, 0.717) is 29.4 Å². The fourth-order valence-electron chi connectivity index (χ4n) is 4.94. The molecular weight excluding hydrogens is 581 g/mol. The molecule has 0 spiro atoms. The molecule has 2 aliphatic rings. The summed E-state index contributed by atoms with van der Waals surface area (Å²) in [7, 11) is -4.02. The van der Waals surface area contributed by atoms with Crippen LogP contribution in [0.3, 0.4) is 0 Å². The number of alkyl halides is 2. The Morgan fingerprint density at radius 1 is 1.18 bits per heavy atom. The first-order valence-electron chi connectivity index (χ1n) is 13.7. The topological polar surface area (TPSA) is 90.9 Å². The van der Waals surface area contributed by atoms with Gasteiger partial charge in [-0.15, -0.1) is 0 Å². The zero-order valence-corrected chi connectivity index (χ0v) is 26.5. The van der Waals surface area contributed by atoms with Crippen LogP contribution in [0, 0.1) is 10.8 Å². The van der Waals surface area contributed by atoms with E-state index in [9.17, 15) is 22.0 Å². The van der Waals surface area contributed by atoms with E-state index in [-0.39, 0.29) is 29.4 Å². The number of benzene rings is 1. The summed E-state index contributed by atoms with van der Waals surface area (Å²) in [5.74, 6) is -3.21. The number of sulfonamides is 1. The molecular formula is C28H42Cl2F2N4O3S. The van der Waals surface area contributed by atoms with E-state index in [1.54, 1.807) is 18.2 Å². The molecule has 2 N–H and O–H groups in total. The van der Waals surface area contributed by atoms with Gasteiger partial charge in [-0.05, 0) is 63.1 Å². The number of aliphatic imine (C=N–C) groups is 1. The molecule has 1 aromatic rings. The number of amidine groups is 1. The minimum atomic E-state index is -4.02. The minimum Gasteiger partial charge on any atom is -0.366 e. The highest BCUT2D eigenvalue weighted by molar-refractivity contribution is 7.89. The van der Waals surface area contributed by atoms with Gasteiger partial charge in [0.2, 0.25) is 21.9 Å². The molecule has 7 nitrogen and oxygen atoms in total. The maximum absolute atomic E-state index is 13.6. The number of amides is 1. The lowest BCUT2D eigenvalue weighted by molar-refractivity contribution is -0.123. The molecule has 1 aliphatic carbocycles. The van der Waals surface area contributed by atoms with Crippen LogP contribution >= 0.6 is 23.2 Å². The quantitative estimate of drug-likeness (QED) is 0.297. The fourth-order valence-corrected chi connectivity index (χ4v) is 6.85. The van der Waals surface area contributed by atoms with Crippen molar-refractivity contribution in [2.24, 2.45) is 15.8 Å². The van der Waals surface area contributed by atoms with Crippen LogP contribution in [0.5, 0.6) is 0 Å². The monoisotopic (exact) mass is 622 g/mol. The van der Waals surface area contributed by atoms with Gasteiger partial charge in [0, 0.05) is 31.5 Å². The summed E-state index contributed by atoms with van der Waals surface area (Å²) < 4.78 is 55.1. The maximum Gasteiger partial charge on any atom is 0.247 e. The van der Waals surface area contributed by atoms with Gasteiger partial charge in [-0.3, -0.25) is 9.79 Å². The maximum atomic E-state index is 13.6. The van der Waals surface area contributed by atoms with Gasteiger partial charge in [-0.2, -0.15) is 4.31 Å². The van der Waals surface area contributed by atoms with Crippen molar-refractivity contribution in [2.75, 3.05) is 18.8 Å². The smallest absolute Gasteiger partial charge is 0.247 e. The Hall–Kier alpha value is -1.49. The van der Waals surface area contributed by atoms with Gasteiger partial charge < -0.3 is 10.6 Å². The Labute approximate surface area is 247 Å². The van der Waals surface area contributed by atoms with Crippen molar-refractivity contribution >= 4 is 45.0 Å². The van der Waals surface area contributed by atoms with Crippen molar-refractivity contribution < 1.29 is 22.0 Å². The number of hydrogen-bond donors (Lipinski definition) is 2. The highest BCUT2D eigenvalue weighted by Crippen LogP contribution is 2.47. The standard InChI is InChI=1S/C28H42Cl2F2N4O3S/c1-25(2,3)18-33-23(37)22-26(4,5)35-24(34-22)28(10-7-11-28)12-14-36(40(38,39)15-13-27(6,31)32)17-19-8-9-20(29)21(30)16-19/h8-9,16,22H,7,10-15,17-18H2,1-6H3,(H,33,37)(H,34,35)/t22-/m0/s1. The summed E-state index contributed by atoms with van der Waals surface area (Å²) in [6.07, 6.45) is 2.20. The molecule has 1 fully saturated rings. The Morgan fingerprint density at radius 2 is 1.82 bits per heavy atom. The molecule has 226 valence electrons. The first-order valence-corrected chi connectivity index (χ1v) is 16.0. The lowest BCUT2D eigenvalue weighted by Gasteiger charge is -2.44. The van der Waals surface area contributed by atoms with Gasteiger partial charge in [0.1, 0.15) is 5.84 Å². The number of halogens is 4. The first-order chi connectivity index (χ1) is 18.2.